The molecular weight excluding hydrogens is 324 g/mol. The Bertz CT molecular complexity index is 599. The lowest BCUT2D eigenvalue weighted by Gasteiger charge is -2.41. The molecule has 130 valence electrons. The summed E-state index contributed by atoms with van der Waals surface area (Å²) >= 11 is 1.89. The first-order chi connectivity index (χ1) is 11.6. The Morgan fingerprint density at radius 3 is 2.50 bits per heavy atom. The lowest BCUT2D eigenvalue weighted by atomic mass is 9.83. The van der Waals surface area contributed by atoms with Gasteiger partial charge in [-0.25, -0.2) is 0 Å². The zero-order valence-electron chi connectivity index (χ0n) is 14.2. The van der Waals surface area contributed by atoms with E-state index < -0.39 is 0 Å². The van der Waals surface area contributed by atoms with Crippen LogP contribution in [0.25, 0.3) is 0 Å². The number of hydrogen-bond acceptors (Lipinski definition) is 4. The van der Waals surface area contributed by atoms with Crippen molar-refractivity contribution in [2.24, 2.45) is 5.92 Å². The summed E-state index contributed by atoms with van der Waals surface area (Å²) in [6.07, 6.45) is 1.07. The van der Waals surface area contributed by atoms with Crippen LogP contribution in [0.5, 0.6) is 5.75 Å². The predicted octanol–water partition coefficient (Wildman–Crippen LogP) is 2.18. The maximum atomic E-state index is 13.1. The monoisotopic (exact) mass is 348 g/mol. The van der Waals surface area contributed by atoms with Crippen LogP contribution in [0.15, 0.2) is 24.3 Å². The molecule has 0 saturated carbocycles. The molecule has 0 aliphatic carbocycles. The number of rotatable bonds is 3. The van der Waals surface area contributed by atoms with Gasteiger partial charge >= 0.3 is 0 Å². The van der Waals surface area contributed by atoms with Crippen molar-refractivity contribution in [3.63, 3.8) is 0 Å². The van der Waals surface area contributed by atoms with Crippen molar-refractivity contribution in [2.45, 2.75) is 18.9 Å². The third kappa shape index (κ3) is 3.38. The minimum absolute atomic E-state index is 0.106. The highest BCUT2D eigenvalue weighted by molar-refractivity contribution is 7.99. The average molecular weight is 348 g/mol. The summed E-state index contributed by atoms with van der Waals surface area (Å²) in [6, 6.07) is 7.51. The normalized spacial score (nSPS) is 24.8. The van der Waals surface area contributed by atoms with Gasteiger partial charge in [-0.05, 0) is 24.1 Å². The molecule has 2 aliphatic rings. The molecule has 2 heterocycles. The van der Waals surface area contributed by atoms with E-state index in [0.717, 1.165) is 35.9 Å². The molecule has 0 N–H and O–H groups in total. The third-order valence-electron chi connectivity index (χ3n) is 4.96. The van der Waals surface area contributed by atoms with E-state index in [4.69, 9.17) is 4.74 Å². The summed E-state index contributed by atoms with van der Waals surface area (Å²) in [5.74, 6) is 2.91. The number of piperidine rings is 1. The largest absolute Gasteiger partial charge is 0.497 e. The summed E-state index contributed by atoms with van der Waals surface area (Å²) in [7, 11) is 3.44. The first kappa shape index (κ1) is 17.1. The van der Waals surface area contributed by atoms with E-state index in [1.165, 1.54) is 0 Å². The van der Waals surface area contributed by atoms with Gasteiger partial charge in [0.25, 0.3) is 0 Å². The summed E-state index contributed by atoms with van der Waals surface area (Å²) < 4.78 is 5.22. The Labute approximate surface area is 147 Å². The molecule has 2 atom stereocenters. The van der Waals surface area contributed by atoms with Gasteiger partial charge in [0.2, 0.25) is 11.8 Å². The zero-order chi connectivity index (χ0) is 17.1. The molecule has 0 radical (unpaired) electrons. The van der Waals surface area contributed by atoms with E-state index in [1.807, 2.05) is 48.0 Å². The van der Waals surface area contributed by atoms with Crippen molar-refractivity contribution in [3.8, 4) is 5.75 Å². The van der Waals surface area contributed by atoms with Crippen molar-refractivity contribution in [2.75, 3.05) is 38.8 Å². The third-order valence-corrected chi connectivity index (χ3v) is 5.90. The Kier molecular flexibility index (Phi) is 5.33. The Morgan fingerprint density at radius 1 is 1.21 bits per heavy atom. The minimum Gasteiger partial charge on any atom is -0.497 e. The summed E-state index contributed by atoms with van der Waals surface area (Å²) in [5, 5.41) is 0. The number of methoxy groups -OCH3 is 1. The highest BCUT2D eigenvalue weighted by atomic mass is 32.2. The van der Waals surface area contributed by atoms with Crippen LogP contribution >= 0.6 is 11.8 Å². The van der Waals surface area contributed by atoms with Crippen molar-refractivity contribution in [1.82, 2.24) is 9.80 Å². The van der Waals surface area contributed by atoms with Gasteiger partial charge in [-0.3, -0.25) is 9.59 Å². The fourth-order valence-corrected chi connectivity index (χ4v) is 4.48. The van der Waals surface area contributed by atoms with Gasteiger partial charge in [-0.2, -0.15) is 11.8 Å². The molecule has 24 heavy (non-hydrogen) atoms. The number of nitrogens with zero attached hydrogens (tertiary/aromatic N) is 2. The molecule has 2 fully saturated rings. The lowest BCUT2D eigenvalue weighted by molar-refractivity contribution is -0.146. The number of hydrogen-bond donors (Lipinski definition) is 0. The maximum Gasteiger partial charge on any atom is 0.228 e. The number of thioether (sulfide) groups is 1. The molecule has 0 spiro atoms. The second-order valence-corrected chi connectivity index (χ2v) is 7.53. The van der Waals surface area contributed by atoms with E-state index in [-0.39, 0.29) is 23.8 Å². The maximum absolute atomic E-state index is 13.1. The van der Waals surface area contributed by atoms with Crippen LogP contribution in [0.1, 0.15) is 24.4 Å². The number of amides is 2. The van der Waals surface area contributed by atoms with Gasteiger partial charge in [0, 0.05) is 38.1 Å². The smallest absolute Gasteiger partial charge is 0.228 e. The Hall–Kier alpha value is -1.69. The summed E-state index contributed by atoms with van der Waals surface area (Å²) in [5.41, 5.74) is 0.996. The number of carbonyl (C=O) groups is 2. The highest BCUT2D eigenvalue weighted by Gasteiger charge is 2.40. The number of benzene rings is 1. The first-order valence-corrected chi connectivity index (χ1v) is 9.53. The molecule has 2 aliphatic heterocycles. The molecule has 3 rings (SSSR count). The van der Waals surface area contributed by atoms with E-state index in [2.05, 4.69) is 0 Å². The van der Waals surface area contributed by atoms with Gasteiger partial charge in [-0.15, -0.1) is 0 Å². The molecule has 0 aromatic heterocycles. The second-order valence-electron chi connectivity index (χ2n) is 6.31. The zero-order valence-corrected chi connectivity index (χ0v) is 15.1. The van der Waals surface area contributed by atoms with Crippen LogP contribution in [-0.4, -0.2) is 60.4 Å². The summed E-state index contributed by atoms with van der Waals surface area (Å²) in [6.45, 7) is 1.62. The van der Waals surface area contributed by atoms with E-state index in [1.54, 1.807) is 12.0 Å². The van der Waals surface area contributed by atoms with Gasteiger partial charge in [-0.1, -0.05) is 12.1 Å². The molecule has 0 bridgehead atoms. The number of carbonyl (C=O) groups excluding carboxylic acids is 2. The minimum atomic E-state index is -0.195. The first-order valence-electron chi connectivity index (χ1n) is 8.38. The molecule has 0 unspecified atom stereocenters. The predicted molar refractivity (Wildman–Crippen MR) is 95.1 cm³/mol. The molecule has 1 aromatic rings. The number of ether oxygens (including phenoxy) is 1. The van der Waals surface area contributed by atoms with Crippen LogP contribution in [0.4, 0.5) is 0 Å². The van der Waals surface area contributed by atoms with Crippen molar-refractivity contribution >= 4 is 23.6 Å². The van der Waals surface area contributed by atoms with Crippen LogP contribution in [0.2, 0.25) is 0 Å². The van der Waals surface area contributed by atoms with Crippen LogP contribution < -0.4 is 4.74 Å². The van der Waals surface area contributed by atoms with Gasteiger partial charge < -0.3 is 14.5 Å². The highest BCUT2D eigenvalue weighted by Crippen LogP contribution is 2.37. The van der Waals surface area contributed by atoms with Crippen LogP contribution in [-0.2, 0) is 9.59 Å². The fourth-order valence-electron chi connectivity index (χ4n) is 3.57. The standard InChI is InChI=1S/C18H24N2O3S/c1-19-16(21)8-7-15(18(22)20-9-11-24-12-10-20)17(19)13-3-5-14(23-2)6-4-13/h3-6,15,17H,7-12H2,1-2H3/t15-,17+/m0/s1. The topological polar surface area (TPSA) is 49.9 Å². The van der Waals surface area contributed by atoms with E-state index in [0.29, 0.717) is 12.8 Å². The van der Waals surface area contributed by atoms with Crippen molar-refractivity contribution in [1.29, 1.82) is 0 Å². The van der Waals surface area contributed by atoms with Gasteiger partial charge in [0.05, 0.1) is 19.1 Å². The molecule has 2 saturated heterocycles. The van der Waals surface area contributed by atoms with E-state index in [9.17, 15) is 9.59 Å². The van der Waals surface area contributed by atoms with Crippen LogP contribution in [0.3, 0.4) is 0 Å². The SMILES string of the molecule is COc1ccc([C@@H]2[C@@H](C(=O)N3CCSCC3)CCC(=O)N2C)cc1. The number of likely N-dealkylation sites (tertiary alicyclic amines) is 1. The van der Waals surface area contributed by atoms with Crippen LogP contribution in [0, 0.1) is 5.92 Å². The molecule has 1 aromatic carbocycles. The lowest BCUT2D eigenvalue weighted by Crippen LogP contribution is -2.49. The van der Waals surface area contributed by atoms with Crippen molar-refractivity contribution < 1.29 is 14.3 Å². The van der Waals surface area contributed by atoms with Gasteiger partial charge in [0.1, 0.15) is 5.75 Å². The Balaban J connectivity index is 1.86. The molecule has 2 amide bonds. The quantitative estimate of drug-likeness (QED) is 0.840. The second kappa shape index (κ2) is 7.47. The molecule has 6 heteroatoms. The van der Waals surface area contributed by atoms with Gasteiger partial charge in [0.15, 0.2) is 0 Å². The molecule has 5 nitrogen and oxygen atoms in total. The summed E-state index contributed by atoms with van der Waals surface area (Å²) in [4.78, 5) is 29.0. The average Bonchev–Trinajstić information content (AvgIpc) is 2.64. The fraction of sp³-hybridized carbons (Fsp3) is 0.556. The van der Waals surface area contributed by atoms with Crippen molar-refractivity contribution in [3.05, 3.63) is 29.8 Å². The molecular formula is C18H24N2O3S. The van der Waals surface area contributed by atoms with E-state index >= 15 is 0 Å². The Morgan fingerprint density at radius 2 is 1.88 bits per heavy atom.